The van der Waals surface area contributed by atoms with Crippen LogP contribution in [0.1, 0.15) is 30.0 Å². The topological polar surface area (TPSA) is 108 Å². The van der Waals surface area contributed by atoms with Crippen LogP contribution in [0.2, 0.25) is 0 Å². The Hall–Kier alpha value is -3.81. The Labute approximate surface area is 160 Å². The summed E-state index contributed by atoms with van der Waals surface area (Å²) >= 11 is 0. The Kier molecular flexibility index (Phi) is 5.59. The molecule has 0 bridgehead atoms. The lowest BCUT2D eigenvalue weighted by Crippen LogP contribution is -2.06. The molecule has 1 aromatic heterocycles. The van der Waals surface area contributed by atoms with E-state index in [0.29, 0.717) is 11.5 Å². The predicted molar refractivity (Wildman–Crippen MR) is 101 cm³/mol. The zero-order valence-corrected chi connectivity index (χ0v) is 15.2. The number of non-ortho nitro benzene ring substituents is 1. The van der Waals surface area contributed by atoms with Crippen molar-refractivity contribution < 1.29 is 18.9 Å². The number of nitro groups is 1. The molecule has 142 valence electrons. The lowest BCUT2D eigenvalue weighted by molar-refractivity contribution is -0.384. The highest BCUT2D eigenvalue weighted by Crippen LogP contribution is 2.23. The number of rotatable bonds is 6. The average molecular weight is 379 g/mol. The smallest absolute Gasteiger partial charge is 0.331 e. The number of hydrogen-bond donors (Lipinski definition) is 0. The van der Waals surface area contributed by atoms with E-state index < -0.39 is 17.0 Å². The average Bonchev–Trinajstić information content (AvgIpc) is 3.17. The zero-order valence-electron chi connectivity index (χ0n) is 15.2. The van der Waals surface area contributed by atoms with Crippen molar-refractivity contribution >= 4 is 17.7 Å². The number of nitro benzene ring substituents is 1. The van der Waals surface area contributed by atoms with Crippen LogP contribution < -0.4 is 0 Å². The van der Waals surface area contributed by atoms with Gasteiger partial charge in [-0.1, -0.05) is 17.7 Å². The van der Waals surface area contributed by atoms with Crippen molar-refractivity contribution in [1.29, 1.82) is 0 Å². The van der Waals surface area contributed by atoms with Gasteiger partial charge in [-0.05, 0) is 49.8 Å². The fourth-order valence-electron chi connectivity index (χ4n) is 2.43. The van der Waals surface area contributed by atoms with Crippen molar-refractivity contribution in [3.05, 3.63) is 81.7 Å². The normalized spacial score (nSPS) is 12.1. The number of aromatic nitrogens is 2. The van der Waals surface area contributed by atoms with E-state index in [2.05, 4.69) is 10.2 Å². The van der Waals surface area contributed by atoms with Gasteiger partial charge < -0.3 is 9.15 Å². The molecule has 1 atom stereocenters. The van der Waals surface area contributed by atoms with Gasteiger partial charge in [0, 0.05) is 23.8 Å². The minimum absolute atomic E-state index is 0.0193. The van der Waals surface area contributed by atoms with Crippen LogP contribution >= 0.6 is 0 Å². The predicted octanol–water partition coefficient (Wildman–Crippen LogP) is 4.27. The number of nitrogens with zero attached hydrogens (tertiary/aromatic N) is 3. The summed E-state index contributed by atoms with van der Waals surface area (Å²) in [4.78, 5) is 22.1. The van der Waals surface area contributed by atoms with Crippen LogP contribution in [-0.2, 0) is 9.53 Å². The van der Waals surface area contributed by atoms with Gasteiger partial charge in [-0.15, -0.1) is 10.2 Å². The summed E-state index contributed by atoms with van der Waals surface area (Å²) in [5, 5.41) is 18.6. The first-order valence-corrected chi connectivity index (χ1v) is 8.46. The molecule has 0 N–H and O–H groups in total. The maximum absolute atomic E-state index is 12.0. The van der Waals surface area contributed by atoms with Crippen LogP contribution in [-0.4, -0.2) is 21.1 Å². The maximum Gasteiger partial charge on any atom is 0.331 e. The van der Waals surface area contributed by atoms with E-state index in [9.17, 15) is 14.9 Å². The Morgan fingerprint density at radius 3 is 2.64 bits per heavy atom. The van der Waals surface area contributed by atoms with E-state index in [1.165, 1.54) is 36.4 Å². The van der Waals surface area contributed by atoms with Gasteiger partial charge in [0.1, 0.15) is 0 Å². The van der Waals surface area contributed by atoms with E-state index in [1.54, 1.807) is 6.92 Å². The van der Waals surface area contributed by atoms with Gasteiger partial charge in [-0.2, -0.15) is 0 Å². The summed E-state index contributed by atoms with van der Waals surface area (Å²) in [5.74, 6) is -0.0576. The third-order valence-corrected chi connectivity index (χ3v) is 3.86. The largest absolute Gasteiger partial charge is 0.449 e. The molecular formula is C20H17N3O5. The van der Waals surface area contributed by atoms with Crippen molar-refractivity contribution in [3.63, 3.8) is 0 Å². The molecular weight excluding hydrogens is 362 g/mol. The molecule has 0 aliphatic heterocycles. The van der Waals surface area contributed by atoms with E-state index in [0.717, 1.165) is 11.1 Å². The van der Waals surface area contributed by atoms with E-state index in [4.69, 9.17) is 9.15 Å². The van der Waals surface area contributed by atoms with Gasteiger partial charge in [0.05, 0.1) is 4.92 Å². The number of carbonyl (C=O) groups excluding carboxylic acids is 1. The summed E-state index contributed by atoms with van der Waals surface area (Å²) < 4.78 is 10.9. The fourth-order valence-corrected chi connectivity index (χ4v) is 2.43. The molecule has 3 aromatic rings. The summed E-state index contributed by atoms with van der Waals surface area (Å²) in [6.45, 7) is 3.59. The number of ether oxygens (including phenoxy) is 1. The number of benzene rings is 2. The summed E-state index contributed by atoms with van der Waals surface area (Å²) in [6, 6.07) is 13.4. The molecule has 0 radical (unpaired) electrons. The molecule has 0 saturated heterocycles. The molecule has 28 heavy (non-hydrogen) atoms. The molecule has 0 fully saturated rings. The Morgan fingerprint density at radius 2 is 1.96 bits per heavy atom. The molecule has 0 aliphatic rings. The molecule has 3 rings (SSSR count). The van der Waals surface area contributed by atoms with Crippen LogP contribution in [0.5, 0.6) is 0 Å². The van der Waals surface area contributed by atoms with E-state index >= 15 is 0 Å². The second kappa shape index (κ2) is 8.26. The van der Waals surface area contributed by atoms with Crippen LogP contribution in [0.25, 0.3) is 17.5 Å². The highest BCUT2D eigenvalue weighted by molar-refractivity contribution is 5.87. The van der Waals surface area contributed by atoms with Crippen molar-refractivity contribution in [1.82, 2.24) is 10.2 Å². The van der Waals surface area contributed by atoms with Gasteiger partial charge in [-0.3, -0.25) is 10.1 Å². The molecule has 0 saturated carbocycles. The fraction of sp³-hybridized carbons (Fsp3) is 0.150. The first kappa shape index (κ1) is 19.0. The van der Waals surface area contributed by atoms with Crippen LogP contribution in [0.4, 0.5) is 5.69 Å². The maximum atomic E-state index is 12.0. The zero-order chi connectivity index (χ0) is 20.1. The van der Waals surface area contributed by atoms with Gasteiger partial charge >= 0.3 is 5.97 Å². The Morgan fingerprint density at radius 1 is 1.21 bits per heavy atom. The number of aryl methyl sites for hydroxylation is 1. The van der Waals surface area contributed by atoms with Gasteiger partial charge in [0.25, 0.3) is 11.6 Å². The molecule has 2 aromatic carbocycles. The molecule has 0 aliphatic carbocycles. The van der Waals surface area contributed by atoms with Crippen molar-refractivity contribution in [2.75, 3.05) is 0 Å². The third-order valence-electron chi connectivity index (χ3n) is 3.86. The Balaban J connectivity index is 1.62. The number of esters is 1. The summed E-state index contributed by atoms with van der Waals surface area (Å²) in [5.41, 5.74) is 2.47. The van der Waals surface area contributed by atoms with Crippen molar-refractivity contribution in [2.45, 2.75) is 20.0 Å². The molecule has 8 nitrogen and oxygen atoms in total. The molecule has 0 unspecified atom stereocenters. The van der Waals surface area contributed by atoms with E-state index in [-0.39, 0.29) is 11.6 Å². The lowest BCUT2D eigenvalue weighted by Gasteiger charge is -2.06. The van der Waals surface area contributed by atoms with Gasteiger partial charge in [-0.25, -0.2) is 4.79 Å². The van der Waals surface area contributed by atoms with Crippen LogP contribution in [0.15, 0.2) is 59.0 Å². The summed E-state index contributed by atoms with van der Waals surface area (Å²) in [7, 11) is 0. The molecule has 0 amide bonds. The standard InChI is InChI=1S/C20H17N3O5/c1-13-4-3-5-16(12-13)20-22-21-19(28-20)14(2)27-18(24)11-8-15-6-9-17(10-7-15)23(25)26/h3-12,14H,1-2H3/b11-8+/t14-/m0/s1. The first-order chi connectivity index (χ1) is 13.4. The highest BCUT2D eigenvalue weighted by Gasteiger charge is 2.18. The second-order valence-electron chi connectivity index (χ2n) is 6.08. The quantitative estimate of drug-likeness (QED) is 0.272. The third kappa shape index (κ3) is 4.67. The Bertz CT molecular complexity index is 1020. The monoisotopic (exact) mass is 379 g/mol. The molecule has 0 spiro atoms. The van der Waals surface area contributed by atoms with Gasteiger partial charge in [0.15, 0.2) is 6.10 Å². The minimum atomic E-state index is -0.722. The number of hydrogen-bond acceptors (Lipinski definition) is 7. The molecule has 1 heterocycles. The second-order valence-corrected chi connectivity index (χ2v) is 6.08. The van der Waals surface area contributed by atoms with Gasteiger partial charge in [0.2, 0.25) is 5.89 Å². The first-order valence-electron chi connectivity index (χ1n) is 8.46. The summed E-state index contributed by atoms with van der Waals surface area (Å²) in [6.07, 6.45) is 2.01. The lowest BCUT2D eigenvalue weighted by atomic mass is 10.1. The van der Waals surface area contributed by atoms with E-state index in [1.807, 2.05) is 31.2 Å². The van der Waals surface area contributed by atoms with Crippen molar-refractivity contribution in [2.24, 2.45) is 0 Å². The minimum Gasteiger partial charge on any atom is -0.449 e. The van der Waals surface area contributed by atoms with Crippen molar-refractivity contribution in [3.8, 4) is 11.5 Å². The van der Waals surface area contributed by atoms with Crippen LogP contribution in [0.3, 0.4) is 0 Å². The molecule has 8 heteroatoms. The SMILES string of the molecule is Cc1cccc(-c2nnc([C@H](C)OC(=O)/C=C/c3ccc([N+](=O)[O-])cc3)o2)c1. The number of carbonyl (C=O) groups is 1. The highest BCUT2D eigenvalue weighted by atomic mass is 16.6. The van der Waals surface area contributed by atoms with Crippen LogP contribution in [0, 0.1) is 17.0 Å².